The number of nitrogens with zero attached hydrogens (tertiary/aromatic N) is 8. The van der Waals surface area contributed by atoms with Gasteiger partial charge in [0, 0.05) is 24.4 Å². The molecule has 12 nitrogen and oxygen atoms in total. The van der Waals surface area contributed by atoms with Gasteiger partial charge in [0.1, 0.15) is 29.3 Å². The third kappa shape index (κ3) is 11.5. The maximum Gasteiger partial charge on any atom is 0.434 e. The summed E-state index contributed by atoms with van der Waals surface area (Å²) in [5.41, 5.74) is 8.32. The van der Waals surface area contributed by atoms with Crippen LogP contribution in [0.5, 0.6) is 0 Å². The van der Waals surface area contributed by atoms with E-state index in [9.17, 15) is 44.7 Å². The lowest BCUT2D eigenvalue weighted by molar-refractivity contribution is -0.142. The molecular formula is C41H45F8N9O3. The van der Waals surface area contributed by atoms with E-state index >= 15 is 0 Å². The molecule has 0 aliphatic rings. The molecule has 6 aromatic rings. The van der Waals surface area contributed by atoms with E-state index < -0.39 is 41.8 Å². The number of carboxylic acid groups (broad SMARTS) is 1. The molecule has 0 aliphatic carbocycles. The van der Waals surface area contributed by atoms with Gasteiger partial charge in [-0.25, -0.2) is 32.9 Å². The third-order valence-electron chi connectivity index (χ3n) is 9.40. The van der Waals surface area contributed by atoms with E-state index in [0.29, 0.717) is 23.1 Å². The molecule has 0 saturated carbocycles. The zero-order valence-corrected chi connectivity index (χ0v) is 34.4. The summed E-state index contributed by atoms with van der Waals surface area (Å²) >= 11 is 0. The Kier molecular flexibility index (Phi) is 14.7. The number of aliphatic carboxylic acids is 1. The summed E-state index contributed by atoms with van der Waals surface area (Å²) in [5, 5.41) is 17.2. The molecule has 4 aromatic heterocycles. The molecule has 0 fully saturated rings. The lowest BCUT2D eigenvalue weighted by Gasteiger charge is -2.16. The number of benzene rings is 2. The number of imidazole rings is 2. The molecule has 3 N–H and O–H groups in total. The highest BCUT2D eigenvalue weighted by atomic mass is 19.4. The number of aromatic nitrogens is 8. The molecule has 61 heavy (non-hydrogen) atoms. The van der Waals surface area contributed by atoms with Gasteiger partial charge in [0.05, 0.1) is 46.9 Å². The maximum atomic E-state index is 13.2. The van der Waals surface area contributed by atoms with Gasteiger partial charge < -0.3 is 20.0 Å². The van der Waals surface area contributed by atoms with Crippen LogP contribution in [0, 0.1) is 25.5 Å². The first-order valence-electron chi connectivity index (χ1n) is 18.7. The minimum Gasteiger partial charge on any atom is -0.480 e. The average molecular weight is 864 g/mol. The van der Waals surface area contributed by atoms with Crippen molar-refractivity contribution in [3.05, 3.63) is 125 Å². The molecule has 0 amide bonds. The number of carboxylic acids is 1. The third-order valence-corrected chi connectivity index (χ3v) is 9.40. The topological polar surface area (TPSA) is 152 Å². The van der Waals surface area contributed by atoms with Crippen molar-refractivity contribution in [1.29, 1.82) is 0 Å². The molecule has 0 radical (unpaired) electrons. The first kappa shape index (κ1) is 47.3. The highest BCUT2D eigenvalue weighted by Crippen LogP contribution is 2.31. The van der Waals surface area contributed by atoms with Crippen molar-refractivity contribution in [2.24, 2.45) is 0 Å². The van der Waals surface area contributed by atoms with Crippen LogP contribution < -0.4 is 5.73 Å². The number of aryl methyl sites for hydroxylation is 2. The summed E-state index contributed by atoms with van der Waals surface area (Å²) in [7, 11) is 0. The van der Waals surface area contributed by atoms with Crippen LogP contribution in [0.15, 0.2) is 73.3 Å². The zero-order chi connectivity index (χ0) is 45.7. The summed E-state index contributed by atoms with van der Waals surface area (Å²) in [4.78, 5) is 30.2. The van der Waals surface area contributed by atoms with Crippen LogP contribution in [0.1, 0.15) is 105 Å². The van der Waals surface area contributed by atoms with Crippen LogP contribution in [-0.4, -0.2) is 55.5 Å². The predicted octanol–water partition coefficient (Wildman–Crippen LogP) is 9.60. The normalized spacial score (nSPS) is 12.8. The number of nitrogens with two attached hydrogens (primary N) is 1. The summed E-state index contributed by atoms with van der Waals surface area (Å²) in [6.07, 6.45) is -4.34. The Morgan fingerprint density at radius 1 is 0.656 bits per heavy atom. The second-order valence-electron chi connectivity index (χ2n) is 14.6. The van der Waals surface area contributed by atoms with E-state index in [2.05, 4.69) is 20.2 Å². The van der Waals surface area contributed by atoms with Gasteiger partial charge in [0.15, 0.2) is 17.2 Å². The number of alkyl halides is 6. The molecule has 4 heterocycles. The number of ketones is 1. The molecular weight excluding hydrogens is 818 g/mol. The van der Waals surface area contributed by atoms with Crippen molar-refractivity contribution in [3.8, 4) is 11.4 Å². The van der Waals surface area contributed by atoms with E-state index in [1.54, 1.807) is 52.9 Å². The van der Waals surface area contributed by atoms with Gasteiger partial charge in [-0.15, -0.1) is 0 Å². The molecule has 2 atom stereocenters. The first-order chi connectivity index (χ1) is 28.3. The Morgan fingerprint density at radius 3 is 1.43 bits per heavy atom. The molecule has 2 aromatic carbocycles. The number of rotatable bonds is 10. The number of Topliss-reactive ketones (excluding diaryl/α,β-unsaturated/α-hetero) is 1. The first-order valence-corrected chi connectivity index (χ1v) is 18.7. The van der Waals surface area contributed by atoms with Crippen molar-refractivity contribution in [1.82, 2.24) is 38.7 Å². The van der Waals surface area contributed by atoms with Crippen molar-refractivity contribution >= 4 is 17.4 Å². The number of carbonyl (C=O) groups excluding carboxylic acids is 1. The van der Waals surface area contributed by atoms with Gasteiger partial charge in [-0.1, -0.05) is 27.7 Å². The van der Waals surface area contributed by atoms with Crippen molar-refractivity contribution < 1.29 is 49.8 Å². The molecule has 0 saturated heterocycles. The highest BCUT2D eigenvalue weighted by molar-refractivity contribution is 5.84. The van der Waals surface area contributed by atoms with Crippen LogP contribution in [0.3, 0.4) is 0 Å². The minimum absolute atomic E-state index is 0.00878. The van der Waals surface area contributed by atoms with Gasteiger partial charge >= 0.3 is 18.3 Å². The van der Waals surface area contributed by atoms with Crippen LogP contribution in [-0.2, 0) is 28.4 Å². The summed E-state index contributed by atoms with van der Waals surface area (Å²) in [5.74, 6) is -1.65. The molecule has 0 aliphatic heterocycles. The van der Waals surface area contributed by atoms with Crippen LogP contribution >= 0.6 is 0 Å². The molecule has 0 spiro atoms. The van der Waals surface area contributed by atoms with Crippen LogP contribution in [0.25, 0.3) is 11.4 Å². The van der Waals surface area contributed by atoms with Gasteiger partial charge in [-0.2, -0.15) is 36.5 Å². The minimum atomic E-state index is -4.57. The molecule has 328 valence electrons. The fourth-order valence-corrected chi connectivity index (χ4v) is 6.31. The number of nitrogen functional groups attached to an aromatic ring is 1. The Hall–Kier alpha value is -6.34. The van der Waals surface area contributed by atoms with E-state index in [0.717, 1.165) is 27.8 Å². The van der Waals surface area contributed by atoms with Crippen LogP contribution in [0.2, 0.25) is 0 Å². The fraction of sp³-hybridized carbons (Fsp3) is 0.366. The van der Waals surface area contributed by atoms with E-state index in [-0.39, 0.29) is 47.3 Å². The second kappa shape index (κ2) is 18.9. The summed E-state index contributed by atoms with van der Waals surface area (Å²) < 4.78 is 107. The number of halogens is 8. The van der Waals surface area contributed by atoms with E-state index in [1.165, 1.54) is 49.6 Å². The lowest BCUT2D eigenvalue weighted by Crippen LogP contribution is -2.20. The Morgan fingerprint density at radius 2 is 1.05 bits per heavy atom. The van der Waals surface area contributed by atoms with E-state index in [4.69, 9.17) is 10.8 Å². The fourth-order valence-electron chi connectivity index (χ4n) is 6.31. The summed E-state index contributed by atoms with van der Waals surface area (Å²) in [6, 6.07) is 10.2. The summed E-state index contributed by atoms with van der Waals surface area (Å²) in [6.45, 7) is 13.6. The van der Waals surface area contributed by atoms with Gasteiger partial charge in [0.2, 0.25) is 0 Å². The zero-order valence-electron chi connectivity index (χ0n) is 34.4. The van der Waals surface area contributed by atoms with Crippen molar-refractivity contribution in [2.45, 2.75) is 98.1 Å². The van der Waals surface area contributed by atoms with Crippen LogP contribution in [0.4, 0.5) is 40.8 Å². The number of carbonyl (C=O) groups is 2. The number of anilines is 1. The maximum absolute atomic E-state index is 13.2. The lowest BCUT2D eigenvalue weighted by atomic mass is 9.99. The molecule has 0 bridgehead atoms. The Bertz CT molecular complexity index is 2430. The Balaban J connectivity index is 0.000000222. The van der Waals surface area contributed by atoms with Gasteiger partial charge in [0.25, 0.3) is 0 Å². The SMILES string of the molecule is CC(C)c1c(N)cnn1-c1ccc(F)cc1.Cc1nc(C(F)(F)F)cn1[C@@H](C)C(=O)Cc1cnn(-c2ccc(F)cc2)c1C(C)C.Cc1nc(C(F)(F)F)cn1[C@@H](C)C(=O)O. The Labute approximate surface area is 345 Å². The largest absolute Gasteiger partial charge is 0.480 e. The van der Waals surface area contributed by atoms with Gasteiger partial charge in [-0.3, -0.25) is 4.79 Å². The van der Waals surface area contributed by atoms with Crippen molar-refractivity contribution in [2.75, 3.05) is 5.73 Å². The molecule has 20 heteroatoms. The average Bonchev–Trinajstić information content (AvgIpc) is 3.97. The molecule has 0 unspecified atom stereocenters. The van der Waals surface area contributed by atoms with E-state index in [1.807, 2.05) is 27.7 Å². The smallest absolute Gasteiger partial charge is 0.434 e. The highest BCUT2D eigenvalue weighted by Gasteiger charge is 2.36. The number of hydrogen-bond acceptors (Lipinski definition) is 7. The number of hydrogen-bond donors (Lipinski definition) is 2. The predicted molar refractivity (Wildman–Crippen MR) is 209 cm³/mol. The second-order valence-corrected chi connectivity index (χ2v) is 14.6. The standard InChI is InChI=1S/C21H22F4N4O.C12H14FN3.C8H9F3N2O2/c1-12(2)20-15(10-26-29(20)17-7-5-16(22)6-8-17)9-18(30)13(3)28-11-19(21(23,24)25)27-14(28)4;1-8(2)12-11(14)7-15-16(12)10-5-3-9(13)4-6-10;1-4(7(14)15)13-3-6(8(9,10)11)12-5(13)2/h5-8,10-13H,9H2,1-4H3;3-8H,14H2,1-2H3;3-4H,1-2H3,(H,14,15)/t13-;;4-/m0.0/s1. The monoisotopic (exact) mass is 863 g/mol. The molecule has 6 rings (SSSR count). The van der Waals surface area contributed by atoms with Gasteiger partial charge in [-0.05, 0) is 88.1 Å². The van der Waals surface area contributed by atoms with Crippen molar-refractivity contribution in [3.63, 3.8) is 0 Å². The quantitative estimate of drug-likeness (QED) is 0.129.